The van der Waals surface area contributed by atoms with E-state index in [0.717, 1.165) is 0 Å². The average molecular weight is 517 g/mol. The van der Waals surface area contributed by atoms with Crippen molar-refractivity contribution in [2.24, 2.45) is 0 Å². The Morgan fingerprint density at radius 2 is 1.80 bits per heavy atom. The van der Waals surface area contributed by atoms with Crippen LogP contribution in [0, 0.1) is 0 Å². The normalized spacial score (nSPS) is 21.6. The van der Waals surface area contributed by atoms with E-state index < -0.39 is 58.7 Å². The summed E-state index contributed by atoms with van der Waals surface area (Å²) in [5.74, 6) is -3.08. The van der Waals surface area contributed by atoms with Gasteiger partial charge in [0.25, 0.3) is 5.91 Å². The molecule has 35 heavy (non-hydrogen) atoms. The molecule has 1 unspecified atom stereocenters. The standard InChI is InChI=1S/C22H26N2O9S.Na/c1-22(2)18(21(30)33-12-32-16(28)10-6-9-15(26)27)24-19(29)17(20(24)34-22)23-14(25)11-31-13-7-4-3-5-8-13;/h3-5,7-8,17-18,20H,6,9-12H2,1-2H3,(H,23,25)(H,26,27);/q;+1/p-1/t17?,18-,20+;/m0./s1. The molecule has 0 spiro atoms. The van der Waals surface area contributed by atoms with E-state index in [1.165, 1.54) is 16.7 Å². The molecule has 0 aromatic heterocycles. The summed E-state index contributed by atoms with van der Waals surface area (Å²) in [4.78, 5) is 60.9. The molecule has 3 atom stereocenters. The summed E-state index contributed by atoms with van der Waals surface area (Å²) < 4.78 is 14.5. The number of β-lactam (4-membered cyclic amide) rings is 1. The van der Waals surface area contributed by atoms with Gasteiger partial charge >= 0.3 is 41.5 Å². The van der Waals surface area contributed by atoms with Crippen LogP contribution in [0.15, 0.2) is 30.3 Å². The van der Waals surface area contributed by atoms with Crippen molar-refractivity contribution in [3.8, 4) is 5.75 Å². The van der Waals surface area contributed by atoms with Gasteiger partial charge in [-0.15, -0.1) is 11.8 Å². The van der Waals surface area contributed by atoms with Crippen LogP contribution in [0.2, 0.25) is 0 Å². The van der Waals surface area contributed by atoms with Gasteiger partial charge < -0.3 is 34.3 Å². The summed E-state index contributed by atoms with van der Waals surface area (Å²) in [6, 6.07) is 7.06. The molecule has 2 aliphatic rings. The number of hydrogen-bond donors (Lipinski definition) is 1. The van der Waals surface area contributed by atoms with Crippen molar-refractivity contribution in [3.05, 3.63) is 30.3 Å². The predicted molar refractivity (Wildman–Crippen MR) is 116 cm³/mol. The molecule has 2 aliphatic heterocycles. The van der Waals surface area contributed by atoms with Crippen molar-refractivity contribution < 1.29 is 72.8 Å². The van der Waals surface area contributed by atoms with E-state index in [1.54, 1.807) is 38.1 Å². The zero-order valence-corrected chi connectivity index (χ0v) is 22.5. The number of carboxylic acids is 1. The molecule has 1 aromatic rings. The molecule has 11 nitrogen and oxygen atoms in total. The van der Waals surface area contributed by atoms with Gasteiger partial charge in [0, 0.05) is 17.1 Å². The van der Waals surface area contributed by atoms with E-state index >= 15 is 0 Å². The molecule has 3 rings (SSSR count). The van der Waals surface area contributed by atoms with Crippen LogP contribution < -0.4 is 44.7 Å². The number of thioether (sulfide) groups is 1. The Labute approximate surface area is 228 Å². The first kappa shape index (κ1) is 29.0. The van der Waals surface area contributed by atoms with Crippen molar-refractivity contribution in [1.29, 1.82) is 0 Å². The number of nitrogens with one attached hydrogen (secondary N) is 1. The molecular weight excluding hydrogens is 491 g/mol. The first-order valence-electron chi connectivity index (χ1n) is 10.6. The van der Waals surface area contributed by atoms with Gasteiger partial charge in [-0.3, -0.25) is 14.4 Å². The quantitative estimate of drug-likeness (QED) is 0.136. The van der Waals surface area contributed by atoms with Crippen LogP contribution in [0.4, 0.5) is 0 Å². The van der Waals surface area contributed by atoms with Crippen molar-refractivity contribution in [2.45, 2.75) is 55.3 Å². The predicted octanol–water partition coefficient (Wildman–Crippen LogP) is -3.42. The van der Waals surface area contributed by atoms with Crippen molar-refractivity contribution in [1.82, 2.24) is 10.2 Å². The molecule has 2 heterocycles. The number of carboxylic acid groups (broad SMARTS) is 1. The molecule has 1 aromatic carbocycles. The fourth-order valence-electron chi connectivity index (χ4n) is 3.69. The fraction of sp³-hybridized carbons (Fsp3) is 0.500. The second-order valence-electron chi connectivity index (χ2n) is 8.23. The number of hydrogen-bond acceptors (Lipinski definition) is 10. The van der Waals surface area contributed by atoms with Crippen LogP contribution in [0.25, 0.3) is 0 Å². The number of nitrogens with zero attached hydrogens (tertiary/aromatic N) is 1. The molecule has 184 valence electrons. The zero-order chi connectivity index (χ0) is 24.9. The summed E-state index contributed by atoms with van der Waals surface area (Å²) in [6.45, 7) is 2.65. The number of amides is 2. The van der Waals surface area contributed by atoms with E-state index in [0.29, 0.717) is 5.75 Å². The van der Waals surface area contributed by atoms with Gasteiger partial charge in [0.1, 0.15) is 23.2 Å². The number of para-hydroxylation sites is 1. The van der Waals surface area contributed by atoms with Crippen LogP contribution >= 0.6 is 11.8 Å². The van der Waals surface area contributed by atoms with Gasteiger partial charge in [0.2, 0.25) is 12.7 Å². The van der Waals surface area contributed by atoms with Gasteiger partial charge in [0.05, 0.1) is 0 Å². The minimum atomic E-state index is -1.27. The summed E-state index contributed by atoms with van der Waals surface area (Å²) in [5.41, 5.74) is 0. The molecule has 0 radical (unpaired) electrons. The Bertz CT molecular complexity index is 960. The number of ether oxygens (including phenoxy) is 3. The van der Waals surface area contributed by atoms with E-state index in [9.17, 15) is 29.1 Å². The molecule has 2 fully saturated rings. The number of aliphatic carboxylic acids is 1. The molecule has 0 saturated carbocycles. The number of rotatable bonds is 11. The molecule has 0 bridgehead atoms. The van der Waals surface area contributed by atoms with Gasteiger partial charge in [-0.1, -0.05) is 18.2 Å². The summed E-state index contributed by atoms with van der Waals surface area (Å²) >= 11 is 1.36. The third kappa shape index (κ3) is 7.35. The smallest absolute Gasteiger partial charge is 0.550 e. The second kappa shape index (κ2) is 12.6. The zero-order valence-electron chi connectivity index (χ0n) is 19.7. The minimum Gasteiger partial charge on any atom is -0.550 e. The number of fused-ring (bicyclic) bond motifs is 1. The van der Waals surface area contributed by atoms with Crippen molar-refractivity contribution in [2.75, 3.05) is 13.4 Å². The average Bonchev–Trinajstić information content (AvgIpc) is 3.04. The van der Waals surface area contributed by atoms with Crippen LogP contribution in [0.5, 0.6) is 5.75 Å². The Balaban J connectivity index is 0.00000432. The first-order chi connectivity index (χ1) is 16.1. The Morgan fingerprint density at radius 3 is 2.46 bits per heavy atom. The summed E-state index contributed by atoms with van der Waals surface area (Å²) in [7, 11) is 0. The maximum absolute atomic E-state index is 12.7. The minimum absolute atomic E-state index is 0. The van der Waals surface area contributed by atoms with E-state index in [2.05, 4.69) is 5.32 Å². The molecule has 2 amide bonds. The topological polar surface area (TPSA) is 151 Å². The molecular formula is C22H25N2NaO9S. The van der Waals surface area contributed by atoms with Gasteiger partial charge in [-0.25, -0.2) is 4.79 Å². The summed E-state index contributed by atoms with van der Waals surface area (Å²) in [5, 5.41) is 12.6. The maximum Gasteiger partial charge on any atom is 1.00 e. The summed E-state index contributed by atoms with van der Waals surface area (Å²) in [6.07, 6.45) is -0.385. The third-order valence-corrected chi connectivity index (χ3v) is 6.85. The Hall–Kier alpha value is -2.28. The van der Waals surface area contributed by atoms with Crippen LogP contribution in [0.1, 0.15) is 33.1 Å². The van der Waals surface area contributed by atoms with E-state index in [-0.39, 0.29) is 55.4 Å². The van der Waals surface area contributed by atoms with Crippen LogP contribution in [-0.4, -0.2) is 70.2 Å². The SMILES string of the molecule is CC1(C)S[C@@H]2C(NC(=O)COc3ccccc3)C(=O)N2[C@H]1C(=O)OCOC(=O)CCCC(=O)[O-].[Na+]. The molecule has 13 heteroatoms. The van der Waals surface area contributed by atoms with E-state index in [4.69, 9.17) is 14.2 Å². The van der Waals surface area contributed by atoms with Crippen LogP contribution in [0.3, 0.4) is 0 Å². The maximum atomic E-state index is 12.7. The number of carbonyl (C=O) groups excluding carboxylic acids is 5. The first-order valence-corrected chi connectivity index (χ1v) is 11.5. The number of benzene rings is 1. The van der Waals surface area contributed by atoms with E-state index in [1.807, 2.05) is 6.07 Å². The monoisotopic (exact) mass is 516 g/mol. The van der Waals surface area contributed by atoms with Crippen molar-refractivity contribution in [3.63, 3.8) is 0 Å². The molecule has 0 aliphatic carbocycles. The number of carbonyl (C=O) groups is 5. The Morgan fingerprint density at radius 1 is 1.11 bits per heavy atom. The Kier molecular flexibility index (Phi) is 10.4. The van der Waals surface area contributed by atoms with Gasteiger partial charge in [-0.05, 0) is 38.8 Å². The second-order valence-corrected chi connectivity index (χ2v) is 10.0. The van der Waals surface area contributed by atoms with Gasteiger partial charge in [-0.2, -0.15) is 0 Å². The largest absolute Gasteiger partial charge is 1.00 e. The van der Waals surface area contributed by atoms with Gasteiger partial charge in [0.15, 0.2) is 6.61 Å². The molecule has 1 N–H and O–H groups in total. The third-order valence-electron chi connectivity index (χ3n) is 5.28. The fourth-order valence-corrected chi connectivity index (χ4v) is 5.31. The van der Waals surface area contributed by atoms with Crippen molar-refractivity contribution >= 4 is 41.5 Å². The van der Waals surface area contributed by atoms with Crippen LogP contribution in [-0.2, 0) is 33.4 Å². The molecule has 2 saturated heterocycles. The number of esters is 2.